The standard InChI is InChI=1S/C19H24N2/c1-14(13-19(2,3)4)21-11-5-6-18(21)17-12-16(9-10-20-17)15-7-8-15/h5-6,9-12,15H,1,7-8,13H2,2-4H3. The Morgan fingerprint density at radius 2 is 2.10 bits per heavy atom. The second kappa shape index (κ2) is 5.18. The molecule has 2 nitrogen and oxygen atoms in total. The fourth-order valence-corrected chi connectivity index (χ4v) is 2.82. The van der Waals surface area contributed by atoms with Gasteiger partial charge in [0.1, 0.15) is 0 Å². The Bertz CT molecular complexity index is 654. The van der Waals surface area contributed by atoms with Crippen LogP contribution in [0, 0.1) is 5.41 Å². The summed E-state index contributed by atoms with van der Waals surface area (Å²) in [4.78, 5) is 4.57. The van der Waals surface area contributed by atoms with Crippen molar-refractivity contribution in [3.05, 3.63) is 48.8 Å². The lowest BCUT2D eigenvalue weighted by molar-refractivity contribution is 0.421. The molecule has 0 aliphatic heterocycles. The number of hydrogen-bond donors (Lipinski definition) is 0. The monoisotopic (exact) mass is 280 g/mol. The molecule has 0 saturated heterocycles. The minimum atomic E-state index is 0.238. The lowest BCUT2D eigenvalue weighted by atomic mass is 9.91. The van der Waals surface area contributed by atoms with Crippen LogP contribution in [0.15, 0.2) is 43.2 Å². The Balaban J connectivity index is 1.91. The van der Waals surface area contributed by atoms with Gasteiger partial charge in [-0.05, 0) is 60.4 Å². The molecule has 1 fully saturated rings. The predicted molar refractivity (Wildman–Crippen MR) is 89.0 cm³/mol. The molecule has 0 amide bonds. The lowest BCUT2D eigenvalue weighted by Crippen LogP contribution is -2.09. The first-order valence-electron chi connectivity index (χ1n) is 7.76. The average molecular weight is 280 g/mol. The highest BCUT2D eigenvalue weighted by Crippen LogP contribution is 2.41. The van der Waals surface area contributed by atoms with Gasteiger partial charge in [0.2, 0.25) is 0 Å². The number of allylic oxidation sites excluding steroid dienone is 1. The quantitative estimate of drug-likeness (QED) is 0.739. The van der Waals surface area contributed by atoms with Crippen LogP contribution in [0.1, 0.15) is 51.5 Å². The molecule has 0 bridgehead atoms. The minimum absolute atomic E-state index is 0.238. The molecule has 0 spiro atoms. The van der Waals surface area contributed by atoms with Gasteiger partial charge in [-0.3, -0.25) is 4.98 Å². The van der Waals surface area contributed by atoms with Crippen LogP contribution >= 0.6 is 0 Å². The molecule has 2 aromatic rings. The van der Waals surface area contributed by atoms with Crippen LogP contribution in [0.4, 0.5) is 0 Å². The molecule has 2 heterocycles. The van der Waals surface area contributed by atoms with E-state index in [1.807, 2.05) is 6.20 Å². The van der Waals surface area contributed by atoms with Gasteiger partial charge in [0.25, 0.3) is 0 Å². The van der Waals surface area contributed by atoms with Crippen molar-refractivity contribution in [3.8, 4) is 11.4 Å². The van der Waals surface area contributed by atoms with Crippen LogP contribution in [0.25, 0.3) is 17.1 Å². The van der Waals surface area contributed by atoms with E-state index in [0.717, 1.165) is 29.4 Å². The van der Waals surface area contributed by atoms with Gasteiger partial charge >= 0.3 is 0 Å². The first-order chi connectivity index (χ1) is 9.94. The van der Waals surface area contributed by atoms with Gasteiger partial charge < -0.3 is 4.57 Å². The normalized spacial score (nSPS) is 15.2. The van der Waals surface area contributed by atoms with E-state index in [4.69, 9.17) is 0 Å². The first-order valence-corrected chi connectivity index (χ1v) is 7.76. The lowest BCUT2D eigenvalue weighted by Gasteiger charge is -2.21. The zero-order valence-corrected chi connectivity index (χ0v) is 13.3. The Kier molecular flexibility index (Phi) is 3.48. The third-order valence-corrected chi connectivity index (χ3v) is 3.92. The maximum Gasteiger partial charge on any atom is 0.0872 e. The molecule has 2 heteroatoms. The van der Waals surface area contributed by atoms with Gasteiger partial charge in [0.05, 0.1) is 11.4 Å². The minimum Gasteiger partial charge on any atom is -0.319 e. The van der Waals surface area contributed by atoms with E-state index in [1.165, 1.54) is 18.4 Å². The molecule has 0 aromatic carbocycles. The van der Waals surface area contributed by atoms with Crippen molar-refractivity contribution in [2.75, 3.05) is 0 Å². The van der Waals surface area contributed by atoms with Gasteiger partial charge in [0, 0.05) is 18.1 Å². The molecule has 0 atom stereocenters. The van der Waals surface area contributed by atoms with Crippen LogP contribution in [0.2, 0.25) is 0 Å². The smallest absolute Gasteiger partial charge is 0.0872 e. The fraction of sp³-hybridized carbons (Fsp3) is 0.421. The zero-order valence-electron chi connectivity index (χ0n) is 13.3. The molecule has 0 N–H and O–H groups in total. The maximum atomic E-state index is 4.57. The van der Waals surface area contributed by atoms with E-state index in [9.17, 15) is 0 Å². The predicted octanol–water partition coefficient (Wildman–Crippen LogP) is 5.33. The van der Waals surface area contributed by atoms with Crippen molar-refractivity contribution >= 4 is 5.70 Å². The Morgan fingerprint density at radius 3 is 2.76 bits per heavy atom. The van der Waals surface area contributed by atoms with Crippen molar-refractivity contribution in [2.24, 2.45) is 5.41 Å². The van der Waals surface area contributed by atoms with E-state index in [1.54, 1.807) is 0 Å². The summed E-state index contributed by atoms with van der Waals surface area (Å²) in [6, 6.07) is 8.60. The van der Waals surface area contributed by atoms with Gasteiger partial charge in [-0.25, -0.2) is 0 Å². The van der Waals surface area contributed by atoms with Crippen LogP contribution in [-0.4, -0.2) is 9.55 Å². The second-order valence-corrected chi connectivity index (χ2v) is 7.32. The number of pyridine rings is 1. The zero-order chi connectivity index (χ0) is 15.0. The third-order valence-electron chi connectivity index (χ3n) is 3.92. The van der Waals surface area contributed by atoms with Crippen LogP contribution < -0.4 is 0 Å². The molecule has 1 aliphatic rings. The molecule has 1 saturated carbocycles. The molecule has 110 valence electrons. The number of rotatable bonds is 4. The van der Waals surface area contributed by atoms with Gasteiger partial charge in [0.15, 0.2) is 0 Å². The topological polar surface area (TPSA) is 17.8 Å². The van der Waals surface area contributed by atoms with E-state index < -0.39 is 0 Å². The molecular formula is C19H24N2. The summed E-state index contributed by atoms with van der Waals surface area (Å²) in [5.41, 5.74) is 4.99. The largest absolute Gasteiger partial charge is 0.319 e. The molecule has 1 aliphatic carbocycles. The van der Waals surface area contributed by atoms with Crippen molar-refractivity contribution < 1.29 is 0 Å². The molecule has 0 radical (unpaired) electrons. The SMILES string of the molecule is C=C(CC(C)(C)C)n1cccc1-c1cc(C2CC2)ccn1. The summed E-state index contributed by atoms with van der Waals surface area (Å²) in [7, 11) is 0. The number of nitrogens with zero attached hydrogens (tertiary/aromatic N) is 2. The van der Waals surface area contributed by atoms with Crippen molar-refractivity contribution in [2.45, 2.75) is 46.0 Å². The van der Waals surface area contributed by atoms with Crippen molar-refractivity contribution in [1.29, 1.82) is 0 Å². The van der Waals surface area contributed by atoms with Gasteiger partial charge in [-0.15, -0.1) is 0 Å². The summed E-state index contributed by atoms with van der Waals surface area (Å²) in [6.45, 7) is 11.0. The van der Waals surface area contributed by atoms with Gasteiger partial charge in [-0.2, -0.15) is 0 Å². The molecule has 0 unspecified atom stereocenters. The second-order valence-electron chi connectivity index (χ2n) is 7.32. The van der Waals surface area contributed by atoms with Crippen molar-refractivity contribution in [3.63, 3.8) is 0 Å². The van der Waals surface area contributed by atoms with E-state index in [-0.39, 0.29) is 5.41 Å². The van der Waals surface area contributed by atoms with E-state index >= 15 is 0 Å². The van der Waals surface area contributed by atoms with Crippen LogP contribution in [0.3, 0.4) is 0 Å². The van der Waals surface area contributed by atoms with E-state index in [0.29, 0.717) is 0 Å². The highest BCUT2D eigenvalue weighted by Gasteiger charge is 2.24. The summed E-state index contributed by atoms with van der Waals surface area (Å²) in [6.07, 6.45) is 7.64. The summed E-state index contributed by atoms with van der Waals surface area (Å²) in [5, 5.41) is 0. The Labute approximate surface area is 127 Å². The maximum absolute atomic E-state index is 4.57. The summed E-state index contributed by atoms with van der Waals surface area (Å²) < 4.78 is 2.18. The van der Waals surface area contributed by atoms with Crippen molar-refractivity contribution in [1.82, 2.24) is 9.55 Å². The molecule has 3 rings (SSSR count). The third kappa shape index (κ3) is 3.26. The summed E-state index contributed by atoms with van der Waals surface area (Å²) in [5.74, 6) is 0.757. The average Bonchev–Trinajstić information content (AvgIpc) is 3.14. The highest BCUT2D eigenvalue weighted by atomic mass is 15.0. The molecule has 2 aromatic heterocycles. The summed E-state index contributed by atoms with van der Waals surface area (Å²) >= 11 is 0. The van der Waals surface area contributed by atoms with Crippen LogP contribution in [-0.2, 0) is 0 Å². The van der Waals surface area contributed by atoms with Crippen LogP contribution in [0.5, 0.6) is 0 Å². The highest BCUT2D eigenvalue weighted by molar-refractivity contribution is 5.63. The number of aromatic nitrogens is 2. The van der Waals surface area contributed by atoms with E-state index in [2.05, 4.69) is 67.4 Å². The van der Waals surface area contributed by atoms with Gasteiger partial charge in [-0.1, -0.05) is 27.4 Å². The molecular weight excluding hydrogens is 256 g/mol. The Morgan fingerprint density at radius 1 is 1.33 bits per heavy atom. The fourth-order valence-electron chi connectivity index (χ4n) is 2.82. The number of hydrogen-bond acceptors (Lipinski definition) is 1. The Hall–Kier alpha value is -1.83. The first kappa shape index (κ1) is 14.1. The molecule has 21 heavy (non-hydrogen) atoms.